The molecule has 10 heteroatoms. The second kappa shape index (κ2) is 11.9. The first-order valence-electron chi connectivity index (χ1n) is 12.8. The molecule has 0 amide bonds. The zero-order chi connectivity index (χ0) is 29.1. The Labute approximate surface area is 238 Å². The molecule has 1 unspecified atom stereocenters. The van der Waals surface area contributed by atoms with E-state index in [0.717, 1.165) is 17.7 Å². The number of rotatable bonds is 8. The van der Waals surface area contributed by atoms with Crippen LogP contribution in [-0.2, 0) is 16.1 Å². The van der Waals surface area contributed by atoms with Crippen molar-refractivity contribution in [3.63, 3.8) is 0 Å². The summed E-state index contributed by atoms with van der Waals surface area (Å²) >= 11 is 1.21. The molecule has 0 bridgehead atoms. The van der Waals surface area contributed by atoms with Crippen LogP contribution in [0.4, 0.5) is 8.78 Å². The zero-order valence-electron chi connectivity index (χ0n) is 22.5. The summed E-state index contributed by atoms with van der Waals surface area (Å²) in [5.41, 5.74) is 2.52. The first-order valence-corrected chi connectivity index (χ1v) is 13.6. The van der Waals surface area contributed by atoms with Crippen molar-refractivity contribution < 1.29 is 27.8 Å². The fourth-order valence-corrected chi connectivity index (χ4v) is 5.69. The van der Waals surface area contributed by atoms with Gasteiger partial charge >= 0.3 is 5.97 Å². The van der Waals surface area contributed by atoms with E-state index in [9.17, 15) is 18.4 Å². The minimum atomic E-state index is -0.813. The Morgan fingerprint density at radius 2 is 1.83 bits per heavy atom. The number of halogens is 2. The number of aromatic nitrogens is 1. The lowest BCUT2D eigenvalue weighted by atomic mass is 9.96. The van der Waals surface area contributed by atoms with Crippen LogP contribution >= 0.6 is 11.3 Å². The van der Waals surface area contributed by atoms with Crippen molar-refractivity contribution in [3.05, 3.63) is 126 Å². The fraction of sp³-hybridized carbons (Fsp3) is 0.194. The molecule has 5 rings (SSSR count). The van der Waals surface area contributed by atoms with Gasteiger partial charge in [-0.05, 0) is 55.3 Å². The molecule has 0 saturated carbocycles. The maximum absolute atomic E-state index is 14.1. The van der Waals surface area contributed by atoms with E-state index in [1.807, 2.05) is 30.3 Å². The van der Waals surface area contributed by atoms with Gasteiger partial charge in [0.2, 0.25) is 0 Å². The van der Waals surface area contributed by atoms with E-state index in [2.05, 4.69) is 4.99 Å². The Morgan fingerprint density at radius 1 is 1.07 bits per heavy atom. The van der Waals surface area contributed by atoms with E-state index >= 15 is 0 Å². The van der Waals surface area contributed by atoms with Crippen LogP contribution in [-0.4, -0.2) is 24.3 Å². The summed E-state index contributed by atoms with van der Waals surface area (Å²) in [5, 5.41) is 0. The molecule has 210 valence electrons. The number of esters is 1. The van der Waals surface area contributed by atoms with Crippen LogP contribution in [0, 0.1) is 11.6 Å². The van der Waals surface area contributed by atoms with E-state index in [1.165, 1.54) is 29.1 Å². The van der Waals surface area contributed by atoms with Crippen LogP contribution in [0.2, 0.25) is 0 Å². The summed E-state index contributed by atoms with van der Waals surface area (Å²) < 4.78 is 45.6. The third-order valence-corrected chi connectivity index (χ3v) is 7.49. The molecule has 0 aliphatic carbocycles. The summed E-state index contributed by atoms with van der Waals surface area (Å²) in [5.74, 6) is -1.62. The van der Waals surface area contributed by atoms with E-state index in [1.54, 1.807) is 38.1 Å². The highest BCUT2D eigenvalue weighted by Gasteiger charge is 2.33. The van der Waals surface area contributed by atoms with Crippen LogP contribution in [0.15, 0.2) is 87.8 Å². The van der Waals surface area contributed by atoms with Crippen LogP contribution in [0.1, 0.15) is 36.6 Å². The topological polar surface area (TPSA) is 79.1 Å². The number of hydrogen-bond donors (Lipinski definition) is 0. The highest BCUT2D eigenvalue weighted by Crippen LogP contribution is 2.30. The maximum Gasteiger partial charge on any atom is 0.338 e. The molecule has 2 heterocycles. The van der Waals surface area contributed by atoms with Crippen molar-refractivity contribution in [1.82, 2.24) is 4.57 Å². The first-order chi connectivity index (χ1) is 19.8. The fourth-order valence-electron chi connectivity index (χ4n) is 4.64. The van der Waals surface area contributed by atoms with E-state index in [0.29, 0.717) is 37.5 Å². The molecule has 4 aromatic rings. The molecule has 3 aromatic carbocycles. The van der Waals surface area contributed by atoms with Crippen molar-refractivity contribution >= 4 is 23.4 Å². The van der Waals surface area contributed by atoms with Gasteiger partial charge in [0.05, 0.1) is 35.6 Å². The third kappa shape index (κ3) is 5.69. The Bertz CT molecular complexity index is 1830. The second-order valence-corrected chi connectivity index (χ2v) is 10.2. The Balaban J connectivity index is 1.56. The average Bonchev–Trinajstić information content (AvgIpc) is 3.26. The summed E-state index contributed by atoms with van der Waals surface area (Å²) in [4.78, 5) is 31.8. The lowest BCUT2D eigenvalue weighted by Gasteiger charge is -2.24. The number of hydrogen-bond acceptors (Lipinski definition) is 7. The summed E-state index contributed by atoms with van der Waals surface area (Å²) in [7, 11) is 1.50. The van der Waals surface area contributed by atoms with Gasteiger partial charge in [-0.1, -0.05) is 47.7 Å². The minimum absolute atomic E-state index is 0.0508. The van der Waals surface area contributed by atoms with Crippen LogP contribution in [0.3, 0.4) is 0 Å². The number of thiazole rings is 1. The molecule has 0 saturated heterocycles. The number of nitrogens with zero attached hydrogens (tertiary/aromatic N) is 2. The van der Waals surface area contributed by atoms with Crippen molar-refractivity contribution in [2.75, 3.05) is 13.7 Å². The van der Waals surface area contributed by atoms with Crippen molar-refractivity contribution in [2.24, 2.45) is 4.99 Å². The number of benzene rings is 3. The molecule has 1 aliphatic rings. The van der Waals surface area contributed by atoms with Gasteiger partial charge in [-0.15, -0.1) is 0 Å². The first kappa shape index (κ1) is 28.0. The quantitative estimate of drug-likeness (QED) is 0.285. The minimum Gasteiger partial charge on any atom is -0.496 e. The normalized spacial score (nSPS) is 14.9. The largest absolute Gasteiger partial charge is 0.496 e. The lowest BCUT2D eigenvalue weighted by molar-refractivity contribution is -0.139. The Hall–Kier alpha value is -4.57. The van der Waals surface area contributed by atoms with Crippen molar-refractivity contribution in [1.29, 1.82) is 0 Å². The van der Waals surface area contributed by atoms with Crippen molar-refractivity contribution in [2.45, 2.75) is 26.5 Å². The van der Waals surface area contributed by atoms with Gasteiger partial charge in [-0.3, -0.25) is 9.36 Å². The molecular formula is C31H26F2N2O5S. The molecule has 0 fully saturated rings. The standard InChI is InChI=1S/C31H26F2N2O5S/c1-4-39-30(37)27-18(2)34-31-35(28(27)20-8-6-5-7-9-20)29(36)26(41-31)15-19-10-12-24(38-3)21(14-19)17-40-25-13-11-22(32)16-23(25)33/h5-16,28H,4,17H2,1-3H3/b26-15-. The predicted molar refractivity (Wildman–Crippen MR) is 151 cm³/mol. The SMILES string of the molecule is CCOC(=O)C1=C(C)N=c2s/c(=C\c3ccc(OC)c(COc4ccc(F)cc4F)c3)c(=O)n2C1c1ccccc1. The number of fused-ring (bicyclic) bond motifs is 1. The smallest absolute Gasteiger partial charge is 0.338 e. The molecule has 0 spiro atoms. The van der Waals surface area contributed by atoms with Crippen LogP contribution in [0.5, 0.6) is 11.5 Å². The summed E-state index contributed by atoms with van der Waals surface area (Å²) in [6.07, 6.45) is 1.72. The molecule has 1 aliphatic heterocycles. The van der Waals surface area contributed by atoms with E-state index in [-0.39, 0.29) is 24.5 Å². The zero-order valence-corrected chi connectivity index (χ0v) is 23.3. The highest BCUT2D eigenvalue weighted by molar-refractivity contribution is 7.07. The van der Waals surface area contributed by atoms with Gasteiger partial charge in [0.15, 0.2) is 16.4 Å². The molecule has 0 N–H and O–H groups in total. The number of carbonyl (C=O) groups excluding carboxylic acids is 1. The number of ether oxygens (including phenoxy) is 3. The van der Waals surface area contributed by atoms with Gasteiger partial charge in [-0.25, -0.2) is 18.6 Å². The molecule has 41 heavy (non-hydrogen) atoms. The Morgan fingerprint density at radius 3 is 2.54 bits per heavy atom. The van der Waals surface area contributed by atoms with Gasteiger partial charge in [0.25, 0.3) is 5.56 Å². The lowest BCUT2D eigenvalue weighted by Crippen LogP contribution is -2.39. The van der Waals surface area contributed by atoms with Gasteiger partial charge in [-0.2, -0.15) is 0 Å². The van der Waals surface area contributed by atoms with Gasteiger partial charge < -0.3 is 14.2 Å². The monoisotopic (exact) mass is 576 g/mol. The van der Waals surface area contributed by atoms with E-state index in [4.69, 9.17) is 14.2 Å². The average molecular weight is 577 g/mol. The molecule has 1 atom stereocenters. The van der Waals surface area contributed by atoms with E-state index < -0.39 is 23.6 Å². The van der Waals surface area contributed by atoms with Crippen molar-refractivity contribution in [3.8, 4) is 11.5 Å². The predicted octanol–water partition coefficient (Wildman–Crippen LogP) is 4.66. The molecule has 7 nitrogen and oxygen atoms in total. The van der Waals surface area contributed by atoms with Gasteiger partial charge in [0, 0.05) is 11.6 Å². The second-order valence-electron chi connectivity index (χ2n) is 9.15. The number of allylic oxidation sites excluding steroid dienone is 1. The third-order valence-electron chi connectivity index (χ3n) is 6.51. The maximum atomic E-state index is 14.1. The molecular weight excluding hydrogens is 550 g/mol. The molecule has 1 aromatic heterocycles. The van der Waals surface area contributed by atoms with Crippen LogP contribution in [0.25, 0.3) is 6.08 Å². The Kier molecular flexibility index (Phi) is 8.11. The number of carbonyl (C=O) groups is 1. The summed E-state index contributed by atoms with van der Waals surface area (Å²) in [6, 6.07) is 16.9. The highest BCUT2D eigenvalue weighted by atomic mass is 32.1. The molecule has 0 radical (unpaired) electrons. The van der Waals surface area contributed by atoms with Gasteiger partial charge in [0.1, 0.15) is 18.2 Å². The number of methoxy groups -OCH3 is 1. The van der Waals surface area contributed by atoms with Crippen LogP contribution < -0.4 is 24.4 Å². The summed E-state index contributed by atoms with van der Waals surface area (Å²) in [6.45, 7) is 3.60.